The molecule has 1 amide bonds. The van der Waals surface area contributed by atoms with Crippen LogP contribution in [0, 0.1) is 17.2 Å². The first-order valence-corrected chi connectivity index (χ1v) is 8.04. The Morgan fingerprint density at radius 3 is 2.61 bits per heavy atom. The number of hydrogen-bond acceptors (Lipinski definition) is 2. The fraction of sp³-hybridized carbons (Fsp3) is 0.300. The van der Waals surface area contributed by atoms with Crippen LogP contribution in [0.15, 0.2) is 54.6 Å². The van der Waals surface area contributed by atoms with Gasteiger partial charge in [0, 0.05) is 18.2 Å². The van der Waals surface area contributed by atoms with Gasteiger partial charge in [-0.15, -0.1) is 0 Å². The van der Waals surface area contributed by atoms with Crippen LogP contribution in [-0.4, -0.2) is 16.8 Å². The predicted octanol–water partition coefficient (Wildman–Crippen LogP) is 4.00. The maximum atomic E-state index is 13.0. The van der Waals surface area contributed by atoms with Gasteiger partial charge in [0.1, 0.15) is 0 Å². The van der Waals surface area contributed by atoms with Gasteiger partial charge < -0.3 is 4.90 Å². The lowest BCUT2D eigenvalue weighted by Gasteiger charge is -2.30. The molecule has 2 aromatic rings. The van der Waals surface area contributed by atoms with Crippen LogP contribution in [0.1, 0.15) is 41.3 Å². The molecule has 2 aromatic carbocycles. The van der Waals surface area contributed by atoms with Crippen LogP contribution < -0.4 is 0 Å². The topological polar surface area (TPSA) is 44.1 Å². The van der Waals surface area contributed by atoms with Gasteiger partial charge in [0.15, 0.2) is 0 Å². The molecular weight excluding hydrogens is 284 g/mol. The minimum Gasteiger partial charge on any atom is -0.331 e. The second-order valence-electron chi connectivity index (χ2n) is 6.19. The molecule has 0 bridgehead atoms. The molecule has 1 saturated carbocycles. The first-order chi connectivity index (χ1) is 11.2. The number of rotatable bonds is 5. The van der Waals surface area contributed by atoms with E-state index >= 15 is 0 Å². The van der Waals surface area contributed by atoms with Gasteiger partial charge in [-0.05, 0) is 49.4 Å². The SMILES string of the molecule is CC(C1CC1)N(Cc1ccccc1)C(=O)c1cccc(C#N)c1. The zero-order valence-corrected chi connectivity index (χ0v) is 13.3. The van der Waals surface area contributed by atoms with E-state index < -0.39 is 0 Å². The summed E-state index contributed by atoms with van der Waals surface area (Å²) in [6.45, 7) is 2.74. The molecule has 0 aliphatic heterocycles. The highest BCUT2D eigenvalue weighted by Gasteiger charge is 2.34. The molecule has 0 aromatic heterocycles. The Morgan fingerprint density at radius 1 is 1.22 bits per heavy atom. The normalized spacial score (nSPS) is 14.8. The molecule has 1 unspecified atom stereocenters. The second-order valence-corrected chi connectivity index (χ2v) is 6.19. The van der Waals surface area contributed by atoms with Crippen molar-refractivity contribution < 1.29 is 4.79 Å². The lowest BCUT2D eigenvalue weighted by molar-refractivity contribution is 0.0654. The number of nitrogens with zero attached hydrogens (tertiary/aromatic N) is 2. The van der Waals surface area contributed by atoms with Crippen molar-refractivity contribution >= 4 is 5.91 Å². The summed E-state index contributed by atoms with van der Waals surface area (Å²) in [6.07, 6.45) is 2.38. The molecule has 23 heavy (non-hydrogen) atoms. The Kier molecular flexibility index (Phi) is 4.43. The van der Waals surface area contributed by atoms with E-state index in [9.17, 15) is 4.79 Å². The largest absolute Gasteiger partial charge is 0.331 e. The quantitative estimate of drug-likeness (QED) is 0.838. The number of nitriles is 1. The molecular formula is C20H20N2O. The van der Waals surface area contributed by atoms with Gasteiger partial charge in [-0.25, -0.2) is 0 Å². The van der Waals surface area contributed by atoms with Crippen LogP contribution in [0.4, 0.5) is 0 Å². The van der Waals surface area contributed by atoms with Crippen molar-refractivity contribution in [3.05, 3.63) is 71.3 Å². The summed E-state index contributed by atoms with van der Waals surface area (Å²) < 4.78 is 0. The third kappa shape index (κ3) is 3.60. The lowest BCUT2D eigenvalue weighted by Crippen LogP contribution is -2.39. The summed E-state index contributed by atoms with van der Waals surface area (Å²) in [5.74, 6) is 0.604. The van der Waals surface area contributed by atoms with Gasteiger partial charge >= 0.3 is 0 Å². The van der Waals surface area contributed by atoms with Crippen molar-refractivity contribution in [3.8, 4) is 6.07 Å². The summed E-state index contributed by atoms with van der Waals surface area (Å²) in [5.41, 5.74) is 2.24. The van der Waals surface area contributed by atoms with E-state index in [1.54, 1.807) is 24.3 Å². The lowest BCUT2D eigenvalue weighted by atomic mass is 10.1. The van der Waals surface area contributed by atoms with Crippen LogP contribution in [0.25, 0.3) is 0 Å². The number of amides is 1. The average molecular weight is 304 g/mol. The van der Waals surface area contributed by atoms with Gasteiger partial charge in [-0.1, -0.05) is 36.4 Å². The van der Waals surface area contributed by atoms with E-state index in [0.29, 0.717) is 23.6 Å². The molecule has 3 heteroatoms. The highest BCUT2D eigenvalue weighted by molar-refractivity contribution is 5.94. The highest BCUT2D eigenvalue weighted by atomic mass is 16.2. The second kappa shape index (κ2) is 6.66. The predicted molar refractivity (Wildman–Crippen MR) is 89.7 cm³/mol. The fourth-order valence-electron chi connectivity index (χ4n) is 2.90. The molecule has 3 nitrogen and oxygen atoms in total. The van der Waals surface area contributed by atoms with Crippen molar-refractivity contribution in [2.75, 3.05) is 0 Å². The zero-order valence-electron chi connectivity index (χ0n) is 13.3. The standard InChI is InChI=1S/C20H20N2O/c1-15(18-10-11-18)22(14-16-6-3-2-4-7-16)20(23)19-9-5-8-17(12-19)13-21/h2-9,12,15,18H,10-11,14H2,1H3. The number of carbonyl (C=O) groups is 1. The van der Waals surface area contributed by atoms with Gasteiger partial charge in [-0.2, -0.15) is 5.26 Å². The van der Waals surface area contributed by atoms with Crippen molar-refractivity contribution in [2.24, 2.45) is 5.92 Å². The number of benzene rings is 2. The van der Waals surface area contributed by atoms with Gasteiger partial charge in [-0.3, -0.25) is 4.79 Å². The van der Waals surface area contributed by atoms with Gasteiger partial charge in [0.05, 0.1) is 11.6 Å². The Hall–Kier alpha value is -2.60. The van der Waals surface area contributed by atoms with Crippen LogP contribution in [0.2, 0.25) is 0 Å². The summed E-state index contributed by atoms with van der Waals surface area (Å²) >= 11 is 0. The Labute approximate surface area is 137 Å². The zero-order chi connectivity index (χ0) is 16.2. The first kappa shape index (κ1) is 15.3. The third-order valence-corrected chi connectivity index (χ3v) is 4.49. The van der Waals surface area contributed by atoms with Gasteiger partial charge in [0.25, 0.3) is 5.91 Å². The smallest absolute Gasteiger partial charge is 0.254 e. The molecule has 116 valence electrons. The van der Waals surface area contributed by atoms with Crippen molar-refractivity contribution in [3.63, 3.8) is 0 Å². The Balaban J connectivity index is 1.87. The maximum absolute atomic E-state index is 13.0. The van der Waals surface area contributed by atoms with E-state index in [2.05, 4.69) is 13.0 Å². The van der Waals surface area contributed by atoms with Gasteiger partial charge in [0.2, 0.25) is 0 Å². The molecule has 0 saturated heterocycles. The molecule has 0 heterocycles. The minimum absolute atomic E-state index is 0.00496. The molecule has 0 spiro atoms. The number of carbonyl (C=O) groups excluding carboxylic acids is 1. The highest BCUT2D eigenvalue weighted by Crippen LogP contribution is 2.36. The van der Waals surface area contributed by atoms with Crippen molar-refractivity contribution in [1.82, 2.24) is 4.90 Å². The van der Waals surface area contributed by atoms with Crippen LogP contribution >= 0.6 is 0 Å². The molecule has 1 atom stereocenters. The molecule has 1 fully saturated rings. The van der Waals surface area contributed by atoms with Crippen LogP contribution in [0.3, 0.4) is 0 Å². The minimum atomic E-state index is 0.00496. The van der Waals surface area contributed by atoms with E-state index in [4.69, 9.17) is 5.26 Å². The summed E-state index contributed by atoms with van der Waals surface area (Å²) in [6, 6.07) is 19.4. The van der Waals surface area contributed by atoms with E-state index in [1.807, 2.05) is 35.2 Å². The summed E-state index contributed by atoms with van der Waals surface area (Å²) in [5, 5.41) is 9.05. The summed E-state index contributed by atoms with van der Waals surface area (Å²) in [4.78, 5) is 15.0. The van der Waals surface area contributed by atoms with E-state index in [0.717, 1.165) is 5.56 Å². The first-order valence-electron chi connectivity index (χ1n) is 8.04. The Bertz CT molecular complexity index is 729. The summed E-state index contributed by atoms with van der Waals surface area (Å²) in [7, 11) is 0. The van der Waals surface area contributed by atoms with E-state index in [1.165, 1.54) is 12.8 Å². The monoisotopic (exact) mass is 304 g/mol. The Morgan fingerprint density at radius 2 is 1.96 bits per heavy atom. The van der Waals surface area contributed by atoms with Crippen LogP contribution in [-0.2, 0) is 6.54 Å². The molecule has 0 radical (unpaired) electrons. The third-order valence-electron chi connectivity index (χ3n) is 4.49. The fourth-order valence-corrected chi connectivity index (χ4v) is 2.90. The van der Waals surface area contributed by atoms with Crippen molar-refractivity contribution in [2.45, 2.75) is 32.4 Å². The maximum Gasteiger partial charge on any atom is 0.254 e. The molecule has 1 aliphatic carbocycles. The molecule has 3 rings (SSSR count). The van der Waals surface area contributed by atoms with Crippen LogP contribution in [0.5, 0.6) is 0 Å². The van der Waals surface area contributed by atoms with Crippen molar-refractivity contribution in [1.29, 1.82) is 5.26 Å². The number of hydrogen-bond donors (Lipinski definition) is 0. The molecule has 1 aliphatic rings. The van der Waals surface area contributed by atoms with E-state index in [-0.39, 0.29) is 11.9 Å². The average Bonchev–Trinajstić information content (AvgIpc) is 3.44. The molecule has 0 N–H and O–H groups in total.